The monoisotopic (exact) mass is 192 g/mol. The van der Waals surface area contributed by atoms with E-state index in [0.29, 0.717) is 6.42 Å². The van der Waals surface area contributed by atoms with E-state index in [2.05, 4.69) is 0 Å². The van der Waals surface area contributed by atoms with Gasteiger partial charge >= 0.3 is 0 Å². The molecule has 1 aromatic carbocycles. The molecule has 0 radical (unpaired) electrons. The van der Waals surface area contributed by atoms with Crippen LogP contribution in [0.2, 0.25) is 0 Å². The maximum Gasteiger partial charge on any atom is 0.119 e. The second-order valence-electron chi connectivity index (χ2n) is 3.47. The van der Waals surface area contributed by atoms with E-state index in [0.717, 1.165) is 5.75 Å². The van der Waals surface area contributed by atoms with Crippen LogP contribution in [0, 0.1) is 12.3 Å². The van der Waals surface area contributed by atoms with Crippen molar-refractivity contribution in [2.75, 3.05) is 0 Å². The number of ether oxygens (including phenoxy) is 1. The maximum atomic E-state index is 7.12. The fourth-order valence-corrected chi connectivity index (χ4v) is 1.20. The third kappa shape index (κ3) is 3.47. The molecular formula is C11H16N2O. The number of hydrogen-bond acceptors (Lipinski definition) is 2. The molecule has 0 aliphatic carbocycles. The summed E-state index contributed by atoms with van der Waals surface area (Å²) in [6, 6.07) is 7.84. The van der Waals surface area contributed by atoms with Gasteiger partial charge in [0, 0.05) is 6.42 Å². The quantitative estimate of drug-likeness (QED) is 0.567. The van der Waals surface area contributed by atoms with Crippen LogP contribution in [-0.2, 0) is 0 Å². The molecule has 0 bridgehead atoms. The highest BCUT2D eigenvalue weighted by Crippen LogP contribution is 2.14. The summed E-state index contributed by atoms with van der Waals surface area (Å²) in [6.45, 7) is 3.93. The van der Waals surface area contributed by atoms with Gasteiger partial charge in [-0.2, -0.15) is 0 Å². The number of aryl methyl sites for hydroxylation is 1. The van der Waals surface area contributed by atoms with Crippen LogP contribution in [0.3, 0.4) is 0 Å². The predicted molar refractivity (Wildman–Crippen MR) is 57.8 cm³/mol. The highest BCUT2D eigenvalue weighted by atomic mass is 16.5. The Kier molecular flexibility index (Phi) is 3.51. The van der Waals surface area contributed by atoms with Crippen molar-refractivity contribution in [3.8, 4) is 5.75 Å². The lowest BCUT2D eigenvalue weighted by Crippen LogP contribution is -2.21. The molecule has 0 saturated heterocycles. The van der Waals surface area contributed by atoms with E-state index >= 15 is 0 Å². The number of rotatable bonds is 4. The second kappa shape index (κ2) is 4.65. The van der Waals surface area contributed by atoms with Crippen LogP contribution in [0.25, 0.3) is 0 Å². The van der Waals surface area contributed by atoms with Crippen molar-refractivity contribution in [1.29, 1.82) is 5.41 Å². The largest absolute Gasteiger partial charge is 0.490 e. The van der Waals surface area contributed by atoms with Crippen LogP contribution < -0.4 is 10.5 Å². The molecule has 1 rings (SSSR count). The Labute approximate surface area is 84.4 Å². The van der Waals surface area contributed by atoms with Crippen molar-refractivity contribution in [1.82, 2.24) is 0 Å². The lowest BCUT2D eigenvalue weighted by Gasteiger charge is -2.13. The standard InChI is InChI=1S/C11H16N2O/c1-8-3-5-10(6-4-8)14-9(2)7-11(12)13/h3-6,9H,7H2,1-2H3,(H3,12,13). The summed E-state index contributed by atoms with van der Waals surface area (Å²) in [5, 5.41) is 7.12. The minimum atomic E-state index is -0.0461. The zero-order chi connectivity index (χ0) is 10.6. The van der Waals surface area contributed by atoms with E-state index in [1.54, 1.807) is 0 Å². The second-order valence-corrected chi connectivity index (χ2v) is 3.47. The van der Waals surface area contributed by atoms with Gasteiger partial charge in [0.1, 0.15) is 11.9 Å². The number of amidine groups is 1. The fraction of sp³-hybridized carbons (Fsp3) is 0.364. The molecule has 3 heteroatoms. The molecule has 0 aliphatic heterocycles. The van der Waals surface area contributed by atoms with E-state index in [4.69, 9.17) is 15.9 Å². The highest BCUT2D eigenvalue weighted by Gasteiger charge is 2.04. The highest BCUT2D eigenvalue weighted by molar-refractivity contribution is 5.77. The van der Waals surface area contributed by atoms with Crippen molar-refractivity contribution in [2.45, 2.75) is 26.4 Å². The molecule has 3 N–H and O–H groups in total. The molecule has 0 heterocycles. The van der Waals surface area contributed by atoms with Crippen LogP contribution in [0.4, 0.5) is 0 Å². The minimum absolute atomic E-state index is 0.0461. The van der Waals surface area contributed by atoms with E-state index in [9.17, 15) is 0 Å². The SMILES string of the molecule is Cc1ccc(OC(C)CC(=N)N)cc1. The molecule has 3 nitrogen and oxygen atoms in total. The van der Waals surface area contributed by atoms with E-state index < -0.39 is 0 Å². The van der Waals surface area contributed by atoms with Gasteiger partial charge in [0.2, 0.25) is 0 Å². The number of nitrogens with two attached hydrogens (primary N) is 1. The predicted octanol–water partition coefficient (Wildman–Crippen LogP) is 2.09. The summed E-state index contributed by atoms with van der Waals surface area (Å²) in [5.41, 5.74) is 6.48. The number of hydrogen-bond donors (Lipinski definition) is 2. The summed E-state index contributed by atoms with van der Waals surface area (Å²) < 4.78 is 5.56. The summed E-state index contributed by atoms with van der Waals surface area (Å²) in [4.78, 5) is 0. The number of benzene rings is 1. The molecule has 0 spiro atoms. The molecule has 0 aromatic heterocycles. The summed E-state index contributed by atoms with van der Waals surface area (Å²) in [6.07, 6.45) is 0.420. The molecule has 0 amide bonds. The lowest BCUT2D eigenvalue weighted by molar-refractivity contribution is 0.229. The zero-order valence-corrected chi connectivity index (χ0v) is 8.58. The molecule has 14 heavy (non-hydrogen) atoms. The summed E-state index contributed by atoms with van der Waals surface area (Å²) >= 11 is 0. The molecule has 76 valence electrons. The smallest absolute Gasteiger partial charge is 0.119 e. The molecule has 1 atom stereocenters. The molecule has 1 aromatic rings. The zero-order valence-electron chi connectivity index (χ0n) is 8.58. The van der Waals surface area contributed by atoms with Gasteiger partial charge in [-0.15, -0.1) is 0 Å². The average molecular weight is 192 g/mol. The summed E-state index contributed by atoms with van der Waals surface area (Å²) in [7, 11) is 0. The Hall–Kier alpha value is -1.51. The van der Waals surface area contributed by atoms with Gasteiger partial charge in [-0.1, -0.05) is 17.7 Å². The Morgan fingerprint density at radius 2 is 2.00 bits per heavy atom. The first-order valence-electron chi connectivity index (χ1n) is 4.64. The number of nitrogens with one attached hydrogen (secondary N) is 1. The first-order valence-corrected chi connectivity index (χ1v) is 4.64. The van der Waals surface area contributed by atoms with Gasteiger partial charge in [0.15, 0.2) is 0 Å². The van der Waals surface area contributed by atoms with Gasteiger partial charge in [-0.25, -0.2) is 0 Å². The molecule has 1 unspecified atom stereocenters. The summed E-state index contributed by atoms with van der Waals surface area (Å²) in [5.74, 6) is 0.981. The van der Waals surface area contributed by atoms with Crippen molar-refractivity contribution in [3.05, 3.63) is 29.8 Å². The van der Waals surface area contributed by atoms with Gasteiger partial charge < -0.3 is 10.5 Å². The van der Waals surface area contributed by atoms with Gasteiger partial charge in [-0.05, 0) is 26.0 Å². The normalized spacial score (nSPS) is 12.1. The molecule has 0 fully saturated rings. The van der Waals surface area contributed by atoms with Crippen LogP contribution in [0.1, 0.15) is 18.9 Å². The third-order valence-electron chi connectivity index (χ3n) is 1.87. The van der Waals surface area contributed by atoms with E-state index in [-0.39, 0.29) is 11.9 Å². The van der Waals surface area contributed by atoms with Gasteiger partial charge in [0.05, 0.1) is 5.84 Å². The third-order valence-corrected chi connectivity index (χ3v) is 1.87. The van der Waals surface area contributed by atoms with Crippen LogP contribution in [0.5, 0.6) is 5.75 Å². The Balaban J connectivity index is 2.51. The maximum absolute atomic E-state index is 7.12. The van der Waals surface area contributed by atoms with Gasteiger partial charge in [-0.3, -0.25) is 5.41 Å². The van der Waals surface area contributed by atoms with Crippen molar-refractivity contribution in [3.63, 3.8) is 0 Å². The molecular weight excluding hydrogens is 176 g/mol. The van der Waals surface area contributed by atoms with Crippen molar-refractivity contribution < 1.29 is 4.74 Å². The lowest BCUT2D eigenvalue weighted by atomic mass is 10.2. The first kappa shape index (κ1) is 10.6. The van der Waals surface area contributed by atoms with Crippen LogP contribution >= 0.6 is 0 Å². The van der Waals surface area contributed by atoms with Crippen LogP contribution in [-0.4, -0.2) is 11.9 Å². The van der Waals surface area contributed by atoms with Crippen molar-refractivity contribution >= 4 is 5.84 Å². The van der Waals surface area contributed by atoms with Crippen LogP contribution in [0.15, 0.2) is 24.3 Å². The van der Waals surface area contributed by atoms with Gasteiger partial charge in [0.25, 0.3) is 0 Å². The van der Waals surface area contributed by atoms with E-state index in [1.165, 1.54) is 5.56 Å². The van der Waals surface area contributed by atoms with Crippen molar-refractivity contribution in [2.24, 2.45) is 5.73 Å². The topological polar surface area (TPSA) is 59.1 Å². The van der Waals surface area contributed by atoms with E-state index in [1.807, 2.05) is 38.1 Å². The Morgan fingerprint density at radius 3 is 2.50 bits per heavy atom. The molecule has 0 aliphatic rings. The fourth-order valence-electron chi connectivity index (χ4n) is 1.20. The minimum Gasteiger partial charge on any atom is -0.490 e. The Bertz CT molecular complexity index is 306. The molecule has 0 saturated carbocycles. The average Bonchev–Trinajstić information content (AvgIpc) is 2.07. The Morgan fingerprint density at radius 1 is 1.43 bits per heavy atom. The first-order chi connectivity index (χ1) is 6.58.